The minimum atomic E-state index is -0.291. The molecule has 0 aliphatic rings. The van der Waals surface area contributed by atoms with Gasteiger partial charge in [0.25, 0.3) is 5.91 Å². The highest BCUT2D eigenvalue weighted by atomic mass is 16.5. The molecular formula is C14H17N3O3. The lowest BCUT2D eigenvalue weighted by Crippen LogP contribution is -2.26. The number of nitrogen functional groups attached to an aromatic ring is 1. The molecule has 1 amide bonds. The van der Waals surface area contributed by atoms with Crippen molar-refractivity contribution in [1.82, 2.24) is 10.5 Å². The number of carbonyl (C=O) groups is 1. The van der Waals surface area contributed by atoms with Crippen LogP contribution in [0.2, 0.25) is 0 Å². The molecule has 1 atom stereocenters. The van der Waals surface area contributed by atoms with Crippen LogP contribution in [0.3, 0.4) is 0 Å². The Hall–Kier alpha value is -2.34. The number of nitrogens with two attached hydrogens (primary N) is 1. The van der Waals surface area contributed by atoms with Crippen LogP contribution in [0.25, 0.3) is 0 Å². The maximum Gasteiger partial charge on any atom is 0.273 e. The van der Waals surface area contributed by atoms with Crippen LogP contribution >= 0.6 is 0 Å². The molecule has 6 nitrogen and oxygen atoms in total. The second-order valence-corrected chi connectivity index (χ2v) is 4.47. The first-order chi connectivity index (χ1) is 9.60. The van der Waals surface area contributed by atoms with Crippen LogP contribution in [0.1, 0.15) is 34.8 Å². The maximum atomic E-state index is 12.0. The van der Waals surface area contributed by atoms with Crippen molar-refractivity contribution in [3.8, 4) is 0 Å². The minimum absolute atomic E-state index is 0.148. The lowest BCUT2D eigenvalue weighted by molar-refractivity contribution is 0.0930. The van der Waals surface area contributed by atoms with Gasteiger partial charge in [0.15, 0.2) is 11.5 Å². The van der Waals surface area contributed by atoms with Crippen molar-refractivity contribution in [3.63, 3.8) is 0 Å². The van der Waals surface area contributed by atoms with Crippen LogP contribution in [0.4, 0.5) is 5.69 Å². The van der Waals surface area contributed by atoms with Crippen molar-refractivity contribution in [2.24, 2.45) is 0 Å². The Labute approximate surface area is 116 Å². The summed E-state index contributed by atoms with van der Waals surface area (Å²) in [6.07, 6.45) is 0. The molecule has 2 aromatic rings. The van der Waals surface area contributed by atoms with Crippen molar-refractivity contribution in [2.75, 3.05) is 12.8 Å². The normalized spacial score (nSPS) is 12.1. The fraction of sp³-hybridized carbons (Fsp3) is 0.286. The van der Waals surface area contributed by atoms with Crippen LogP contribution in [0.15, 0.2) is 34.9 Å². The van der Waals surface area contributed by atoms with E-state index in [1.807, 2.05) is 19.1 Å². The fourth-order valence-corrected chi connectivity index (χ4v) is 1.77. The third-order valence-electron chi connectivity index (χ3n) is 2.86. The summed E-state index contributed by atoms with van der Waals surface area (Å²) >= 11 is 0. The number of hydrogen-bond acceptors (Lipinski definition) is 5. The molecule has 0 saturated carbocycles. The topological polar surface area (TPSA) is 90.4 Å². The van der Waals surface area contributed by atoms with E-state index in [1.54, 1.807) is 25.3 Å². The van der Waals surface area contributed by atoms with Crippen LogP contribution in [-0.4, -0.2) is 18.2 Å². The van der Waals surface area contributed by atoms with Crippen molar-refractivity contribution < 1.29 is 14.1 Å². The molecule has 6 heteroatoms. The Bertz CT molecular complexity index is 578. The van der Waals surface area contributed by atoms with Crippen molar-refractivity contribution in [1.29, 1.82) is 0 Å². The summed E-state index contributed by atoms with van der Waals surface area (Å²) in [5.41, 5.74) is 7.52. The smallest absolute Gasteiger partial charge is 0.273 e. The van der Waals surface area contributed by atoms with Gasteiger partial charge in [-0.15, -0.1) is 0 Å². The summed E-state index contributed by atoms with van der Waals surface area (Å²) in [4.78, 5) is 12.0. The third-order valence-corrected chi connectivity index (χ3v) is 2.86. The van der Waals surface area contributed by atoms with Crippen LogP contribution in [0.5, 0.6) is 0 Å². The monoisotopic (exact) mass is 275 g/mol. The van der Waals surface area contributed by atoms with Gasteiger partial charge in [-0.1, -0.05) is 17.3 Å². The number of rotatable bonds is 5. The number of carbonyl (C=O) groups excluding carboxylic acids is 1. The van der Waals surface area contributed by atoms with Gasteiger partial charge < -0.3 is 20.3 Å². The Kier molecular flexibility index (Phi) is 4.37. The number of methoxy groups -OCH3 is 1. The molecule has 1 aromatic heterocycles. The largest absolute Gasteiger partial charge is 0.399 e. The number of anilines is 1. The van der Waals surface area contributed by atoms with E-state index in [4.69, 9.17) is 15.0 Å². The quantitative estimate of drug-likeness (QED) is 0.813. The summed E-state index contributed by atoms with van der Waals surface area (Å²) in [6, 6.07) is 8.76. The van der Waals surface area contributed by atoms with Crippen LogP contribution in [-0.2, 0) is 11.3 Å². The van der Waals surface area contributed by atoms with Gasteiger partial charge in [-0.3, -0.25) is 4.79 Å². The summed E-state index contributed by atoms with van der Waals surface area (Å²) < 4.78 is 9.88. The summed E-state index contributed by atoms with van der Waals surface area (Å²) in [7, 11) is 1.55. The first kappa shape index (κ1) is 14.1. The standard InChI is InChI=1S/C14H17N3O3/c1-9(10-3-5-11(15)6-4-10)16-14(18)13-7-12(8-19-2)20-17-13/h3-7,9H,8,15H2,1-2H3,(H,16,18). The third kappa shape index (κ3) is 3.36. The predicted octanol–water partition coefficient (Wildman–Crippen LogP) is 1.89. The summed E-state index contributed by atoms with van der Waals surface area (Å²) in [5, 5.41) is 6.55. The number of aromatic nitrogens is 1. The molecule has 2 rings (SSSR count). The Balaban J connectivity index is 2.01. The highest BCUT2D eigenvalue weighted by molar-refractivity contribution is 5.92. The number of benzene rings is 1. The first-order valence-corrected chi connectivity index (χ1v) is 6.21. The second-order valence-electron chi connectivity index (χ2n) is 4.47. The Morgan fingerprint density at radius 1 is 1.45 bits per heavy atom. The number of nitrogens with one attached hydrogen (secondary N) is 1. The first-order valence-electron chi connectivity index (χ1n) is 6.21. The van der Waals surface area contributed by atoms with Gasteiger partial charge >= 0.3 is 0 Å². The van der Waals surface area contributed by atoms with Gasteiger partial charge in [-0.25, -0.2) is 0 Å². The lowest BCUT2D eigenvalue weighted by atomic mass is 10.1. The molecule has 0 radical (unpaired) electrons. The lowest BCUT2D eigenvalue weighted by Gasteiger charge is -2.13. The second kappa shape index (κ2) is 6.21. The maximum absolute atomic E-state index is 12.0. The zero-order chi connectivity index (χ0) is 14.5. The molecule has 0 aliphatic carbocycles. The highest BCUT2D eigenvalue weighted by Gasteiger charge is 2.15. The van der Waals surface area contributed by atoms with E-state index < -0.39 is 0 Å². The van der Waals surface area contributed by atoms with Gasteiger partial charge in [0, 0.05) is 18.9 Å². The van der Waals surface area contributed by atoms with E-state index in [2.05, 4.69) is 10.5 Å². The van der Waals surface area contributed by atoms with Crippen LogP contribution < -0.4 is 11.1 Å². The molecule has 0 saturated heterocycles. The van der Waals surface area contributed by atoms with Crippen LogP contribution in [0, 0.1) is 0 Å². The molecule has 106 valence electrons. The zero-order valence-electron chi connectivity index (χ0n) is 11.4. The molecule has 0 bridgehead atoms. The molecule has 20 heavy (non-hydrogen) atoms. The van der Waals surface area contributed by atoms with Crippen molar-refractivity contribution in [2.45, 2.75) is 19.6 Å². The average molecular weight is 275 g/mol. The Morgan fingerprint density at radius 2 is 2.15 bits per heavy atom. The van der Waals surface area contributed by atoms with E-state index in [0.29, 0.717) is 11.4 Å². The van der Waals surface area contributed by atoms with E-state index >= 15 is 0 Å². The minimum Gasteiger partial charge on any atom is -0.399 e. The predicted molar refractivity (Wildman–Crippen MR) is 74.0 cm³/mol. The van der Waals surface area contributed by atoms with Gasteiger partial charge in [0.1, 0.15) is 6.61 Å². The van der Waals surface area contributed by atoms with Gasteiger partial charge in [0.05, 0.1) is 6.04 Å². The van der Waals surface area contributed by atoms with Crippen molar-refractivity contribution >= 4 is 11.6 Å². The molecule has 0 fully saturated rings. The molecule has 1 heterocycles. The number of hydrogen-bond donors (Lipinski definition) is 2. The Morgan fingerprint density at radius 3 is 2.80 bits per heavy atom. The van der Waals surface area contributed by atoms with E-state index in [1.165, 1.54) is 0 Å². The number of ether oxygens (including phenoxy) is 1. The van der Waals surface area contributed by atoms with E-state index in [0.717, 1.165) is 5.56 Å². The van der Waals surface area contributed by atoms with Gasteiger partial charge in [-0.05, 0) is 24.6 Å². The summed E-state index contributed by atoms with van der Waals surface area (Å²) in [6.45, 7) is 2.17. The fourth-order valence-electron chi connectivity index (χ4n) is 1.77. The molecule has 1 unspecified atom stereocenters. The number of nitrogens with zero attached hydrogens (tertiary/aromatic N) is 1. The molecular weight excluding hydrogens is 258 g/mol. The molecule has 3 N–H and O–H groups in total. The molecule has 0 spiro atoms. The van der Waals surface area contributed by atoms with E-state index in [9.17, 15) is 4.79 Å². The van der Waals surface area contributed by atoms with Gasteiger partial charge in [-0.2, -0.15) is 0 Å². The average Bonchev–Trinajstić information content (AvgIpc) is 2.88. The summed E-state index contributed by atoms with van der Waals surface area (Å²) in [5.74, 6) is 0.221. The highest BCUT2D eigenvalue weighted by Crippen LogP contribution is 2.15. The zero-order valence-corrected chi connectivity index (χ0v) is 11.4. The number of amides is 1. The SMILES string of the molecule is COCc1cc(C(=O)NC(C)c2ccc(N)cc2)no1. The van der Waals surface area contributed by atoms with Gasteiger partial charge in [0.2, 0.25) is 0 Å². The van der Waals surface area contributed by atoms with E-state index in [-0.39, 0.29) is 24.2 Å². The molecule has 0 aliphatic heterocycles. The van der Waals surface area contributed by atoms with Crippen molar-refractivity contribution in [3.05, 3.63) is 47.3 Å². The molecule has 1 aromatic carbocycles.